The quantitative estimate of drug-likeness (QED) is 0.889. The van der Waals surface area contributed by atoms with E-state index in [0.717, 1.165) is 23.1 Å². The van der Waals surface area contributed by atoms with Crippen LogP contribution in [-0.4, -0.2) is 36.7 Å². The maximum Gasteiger partial charge on any atom is 0.226 e. The maximum absolute atomic E-state index is 12.1. The molecule has 0 spiro atoms. The summed E-state index contributed by atoms with van der Waals surface area (Å²) in [5.74, 6) is -0.0221. The van der Waals surface area contributed by atoms with Gasteiger partial charge in [0, 0.05) is 30.6 Å². The average molecular weight is 271 g/mol. The van der Waals surface area contributed by atoms with Gasteiger partial charge in [-0.25, -0.2) is 0 Å². The van der Waals surface area contributed by atoms with Crippen LogP contribution in [0.25, 0.3) is 10.9 Å². The van der Waals surface area contributed by atoms with Crippen LogP contribution in [0.3, 0.4) is 0 Å². The minimum atomic E-state index is -0.0221. The minimum absolute atomic E-state index is 0.0221. The third-order valence-electron chi connectivity index (χ3n) is 3.34. The molecule has 0 radical (unpaired) electrons. The molecule has 3 rings (SSSR count). The second-order valence-electron chi connectivity index (χ2n) is 4.86. The van der Waals surface area contributed by atoms with Gasteiger partial charge in [-0.2, -0.15) is 0 Å². The Hall–Kier alpha value is -1.98. The zero-order valence-electron chi connectivity index (χ0n) is 11.1. The Balaban J connectivity index is 1.71. The van der Waals surface area contributed by atoms with Gasteiger partial charge in [-0.15, -0.1) is 0 Å². The van der Waals surface area contributed by atoms with Gasteiger partial charge in [0.2, 0.25) is 5.91 Å². The first-order chi connectivity index (χ1) is 9.83. The van der Waals surface area contributed by atoms with Crippen molar-refractivity contribution in [2.45, 2.75) is 12.5 Å². The van der Waals surface area contributed by atoms with E-state index in [4.69, 9.17) is 4.74 Å². The number of aromatic nitrogens is 1. The first-order valence-electron chi connectivity index (χ1n) is 6.77. The number of nitrogens with one attached hydrogen (secondary N) is 2. The van der Waals surface area contributed by atoms with Crippen LogP contribution in [0.4, 0.5) is 5.69 Å². The Morgan fingerprint density at radius 1 is 1.40 bits per heavy atom. The second kappa shape index (κ2) is 5.98. The molecular formula is C15H17N3O2. The lowest BCUT2D eigenvalue weighted by molar-refractivity contribution is -0.117. The Morgan fingerprint density at radius 2 is 2.30 bits per heavy atom. The van der Waals surface area contributed by atoms with Gasteiger partial charge < -0.3 is 15.4 Å². The van der Waals surface area contributed by atoms with Gasteiger partial charge in [-0.05, 0) is 12.1 Å². The van der Waals surface area contributed by atoms with Crippen molar-refractivity contribution in [3.05, 3.63) is 36.5 Å². The highest BCUT2D eigenvalue weighted by molar-refractivity contribution is 6.00. The van der Waals surface area contributed by atoms with Crippen LogP contribution in [0, 0.1) is 0 Å². The lowest BCUT2D eigenvalue weighted by atomic mass is 10.1. The molecule has 104 valence electrons. The molecule has 1 saturated heterocycles. The van der Waals surface area contributed by atoms with E-state index in [1.165, 1.54) is 0 Å². The number of amides is 1. The van der Waals surface area contributed by atoms with Crippen LogP contribution in [0.5, 0.6) is 0 Å². The first kappa shape index (κ1) is 13.0. The SMILES string of the molecule is O=C(C[C@H]1COCCN1)Nc1cccc2cccnc12. The molecule has 0 saturated carbocycles. The molecule has 20 heavy (non-hydrogen) atoms. The number of ether oxygens (including phenoxy) is 1. The molecule has 1 atom stereocenters. The van der Waals surface area contributed by atoms with Crippen LogP contribution >= 0.6 is 0 Å². The van der Waals surface area contributed by atoms with Gasteiger partial charge in [0.1, 0.15) is 0 Å². The molecule has 2 heterocycles. The van der Waals surface area contributed by atoms with Gasteiger partial charge in [0.25, 0.3) is 0 Å². The van der Waals surface area contributed by atoms with E-state index in [1.54, 1.807) is 6.20 Å². The molecule has 0 bridgehead atoms. The predicted molar refractivity (Wildman–Crippen MR) is 77.6 cm³/mol. The number of carbonyl (C=O) groups is 1. The first-order valence-corrected chi connectivity index (χ1v) is 6.77. The largest absolute Gasteiger partial charge is 0.378 e. The number of rotatable bonds is 3. The number of anilines is 1. The van der Waals surface area contributed by atoms with E-state index in [1.807, 2.05) is 30.3 Å². The number of fused-ring (bicyclic) bond motifs is 1. The van der Waals surface area contributed by atoms with Gasteiger partial charge >= 0.3 is 0 Å². The fraction of sp³-hybridized carbons (Fsp3) is 0.333. The van der Waals surface area contributed by atoms with Crippen molar-refractivity contribution in [2.24, 2.45) is 0 Å². The monoisotopic (exact) mass is 271 g/mol. The topological polar surface area (TPSA) is 63.2 Å². The van der Waals surface area contributed by atoms with Gasteiger partial charge in [-0.1, -0.05) is 18.2 Å². The van der Waals surface area contributed by atoms with Gasteiger partial charge in [0.15, 0.2) is 0 Å². The van der Waals surface area contributed by atoms with Crippen LogP contribution in [0.2, 0.25) is 0 Å². The average Bonchev–Trinajstić information content (AvgIpc) is 2.48. The van der Waals surface area contributed by atoms with E-state index >= 15 is 0 Å². The lowest BCUT2D eigenvalue weighted by Crippen LogP contribution is -2.43. The summed E-state index contributed by atoms with van der Waals surface area (Å²) in [6, 6.07) is 9.73. The Bertz CT molecular complexity index is 604. The maximum atomic E-state index is 12.1. The van der Waals surface area contributed by atoms with E-state index in [2.05, 4.69) is 15.6 Å². The van der Waals surface area contributed by atoms with E-state index in [-0.39, 0.29) is 11.9 Å². The summed E-state index contributed by atoms with van der Waals surface area (Å²) < 4.78 is 5.35. The molecule has 0 unspecified atom stereocenters. The smallest absolute Gasteiger partial charge is 0.226 e. The van der Waals surface area contributed by atoms with Crippen molar-refractivity contribution in [3.8, 4) is 0 Å². The zero-order valence-corrected chi connectivity index (χ0v) is 11.1. The minimum Gasteiger partial charge on any atom is -0.378 e. The van der Waals surface area contributed by atoms with Crippen molar-refractivity contribution >= 4 is 22.5 Å². The molecule has 2 N–H and O–H groups in total. The Labute approximate surface area is 117 Å². The number of pyridine rings is 1. The normalized spacial score (nSPS) is 18.9. The summed E-state index contributed by atoms with van der Waals surface area (Å²) in [6.07, 6.45) is 2.14. The second-order valence-corrected chi connectivity index (χ2v) is 4.86. The number of hydrogen-bond donors (Lipinski definition) is 2. The highest BCUT2D eigenvalue weighted by atomic mass is 16.5. The molecule has 1 aliphatic rings. The van der Waals surface area contributed by atoms with E-state index in [0.29, 0.717) is 19.6 Å². The summed E-state index contributed by atoms with van der Waals surface area (Å²) >= 11 is 0. The van der Waals surface area contributed by atoms with Crippen LogP contribution in [0.15, 0.2) is 36.5 Å². The zero-order chi connectivity index (χ0) is 13.8. The summed E-state index contributed by atoms with van der Waals surface area (Å²) in [7, 11) is 0. The molecule has 1 aromatic heterocycles. The Kier molecular flexibility index (Phi) is 3.90. The molecule has 2 aromatic rings. The third kappa shape index (κ3) is 2.95. The highest BCUT2D eigenvalue weighted by Gasteiger charge is 2.17. The molecular weight excluding hydrogens is 254 g/mol. The molecule has 5 nitrogen and oxygen atoms in total. The summed E-state index contributed by atoms with van der Waals surface area (Å²) in [6.45, 7) is 2.10. The van der Waals surface area contributed by atoms with Crippen molar-refractivity contribution in [1.82, 2.24) is 10.3 Å². The summed E-state index contributed by atoms with van der Waals surface area (Å²) in [5, 5.41) is 7.22. The molecule has 0 aliphatic carbocycles. The lowest BCUT2D eigenvalue weighted by Gasteiger charge is -2.23. The van der Waals surface area contributed by atoms with Crippen LogP contribution < -0.4 is 10.6 Å². The number of morpholine rings is 1. The number of nitrogens with zero attached hydrogens (tertiary/aromatic N) is 1. The van der Waals surface area contributed by atoms with Crippen molar-refractivity contribution in [1.29, 1.82) is 0 Å². The standard InChI is InChI=1S/C15H17N3O2/c19-14(9-12-10-20-8-7-16-12)18-13-5-1-3-11-4-2-6-17-15(11)13/h1-6,12,16H,7-10H2,(H,18,19)/t12-/m0/s1. The van der Waals surface area contributed by atoms with Crippen molar-refractivity contribution in [3.63, 3.8) is 0 Å². The van der Waals surface area contributed by atoms with Gasteiger partial charge in [-0.3, -0.25) is 9.78 Å². The van der Waals surface area contributed by atoms with Gasteiger partial charge in [0.05, 0.1) is 24.4 Å². The number of hydrogen-bond acceptors (Lipinski definition) is 4. The predicted octanol–water partition coefficient (Wildman–Crippen LogP) is 1.55. The molecule has 1 aromatic carbocycles. The van der Waals surface area contributed by atoms with Crippen molar-refractivity contribution < 1.29 is 9.53 Å². The van der Waals surface area contributed by atoms with Crippen molar-refractivity contribution in [2.75, 3.05) is 25.1 Å². The molecule has 1 amide bonds. The fourth-order valence-corrected chi connectivity index (χ4v) is 2.38. The highest BCUT2D eigenvalue weighted by Crippen LogP contribution is 2.20. The summed E-state index contributed by atoms with van der Waals surface area (Å²) in [5.41, 5.74) is 1.57. The molecule has 1 aliphatic heterocycles. The molecule has 1 fully saturated rings. The van der Waals surface area contributed by atoms with E-state index in [9.17, 15) is 4.79 Å². The third-order valence-corrected chi connectivity index (χ3v) is 3.34. The van der Waals surface area contributed by atoms with Crippen LogP contribution in [0.1, 0.15) is 6.42 Å². The van der Waals surface area contributed by atoms with E-state index < -0.39 is 0 Å². The number of benzene rings is 1. The van der Waals surface area contributed by atoms with Crippen LogP contribution in [-0.2, 0) is 9.53 Å². The Morgan fingerprint density at radius 3 is 3.15 bits per heavy atom. The molecule has 5 heteroatoms. The summed E-state index contributed by atoms with van der Waals surface area (Å²) in [4.78, 5) is 16.4. The number of para-hydroxylation sites is 1. The fourth-order valence-electron chi connectivity index (χ4n) is 2.38. The number of carbonyl (C=O) groups excluding carboxylic acids is 1.